The van der Waals surface area contributed by atoms with Gasteiger partial charge in [0.2, 0.25) is 0 Å². The predicted octanol–water partition coefficient (Wildman–Crippen LogP) is 1.64. The number of methoxy groups -OCH3 is 1. The van der Waals surface area contributed by atoms with Crippen LogP contribution in [0.2, 0.25) is 0 Å². The van der Waals surface area contributed by atoms with Gasteiger partial charge in [-0.05, 0) is 37.5 Å². The van der Waals surface area contributed by atoms with Gasteiger partial charge in [0.15, 0.2) is 11.5 Å². The molecule has 0 aliphatic heterocycles. The lowest BCUT2D eigenvalue weighted by Crippen LogP contribution is -2.15. The van der Waals surface area contributed by atoms with E-state index in [1.807, 2.05) is 0 Å². The maximum absolute atomic E-state index is 12.0. The first-order valence-electron chi connectivity index (χ1n) is 6.18. The summed E-state index contributed by atoms with van der Waals surface area (Å²) in [6.07, 6.45) is 2.63. The third-order valence-electron chi connectivity index (χ3n) is 3.39. The van der Waals surface area contributed by atoms with Gasteiger partial charge in [-0.3, -0.25) is 4.79 Å². The average molecular weight is 258 g/mol. The highest BCUT2D eigenvalue weighted by molar-refractivity contribution is 5.61. The lowest BCUT2D eigenvalue weighted by Gasteiger charge is -2.07. The van der Waals surface area contributed by atoms with E-state index >= 15 is 0 Å². The Kier molecular flexibility index (Phi) is 2.74. The first-order chi connectivity index (χ1) is 9.19. The van der Waals surface area contributed by atoms with E-state index < -0.39 is 0 Å². The highest BCUT2D eigenvalue weighted by atomic mass is 16.5. The fourth-order valence-corrected chi connectivity index (χ4v) is 2.40. The minimum absolute atomic E-state index is 0.0646. The van der Waals surface area contributed by atoms with E-state index in [1.54, 1.807) is 12.1 Å². The second-order valence-corrected chi connectivity index (χ2v) is 4.58. The average Bonchev–Trinajstić information content (AvgIpc) is 2.88. The minimum atomic E-state index is -0.0652. The van der Waals surface area contributed by atoms with Crippen LogP contribution in [0.25, 0.3) is 11.4 Å². The van der Waals surface area contributed by atoms with Gasteiger partial charge < -0.3 is 14.8 Å². The molecule has 0 amide bonds. The van der Waals surface area contributed by atoms with Crippen molar-refractivity contribution in [2.45, 2.75) is 19.3 Å². The number of H-pyrrole nitrogens is 1. The molecular formula is C14H14N2O3. The number of rotatable bonds is 2. The Balaban J connectivity index is 2.12. The number of aryl methyl sites for hydroxylation is 1. The molecule has 0 saturated heterocycles. The largest absolute Gasteiger partial charge is 0.504 e. The van der Waals surface area contributed by atoms with Crippen molar-refractivity contribution in [3.63, 3.8) is 0 Å². The van der Waals surface area contributed by atoms with Crippen LogP contribution >= 0.6 is 0 Å². The van der Waals surface area contributed by atoms with Gasteiger partial charge in [0.1, 0.15) is 5.82 Å². The van der Waals surface area contributed by atoms with Crippen LogP contribution in [0.3, 0.4) is 0 Å². The summed E-state index contributed by atoms with van der Waals surface area (Å²) in [7, 11) is 1.48. The van der Waals surface area contributed by atoms with Crippen LogP contribution in [-0.2, 0) is 12.8 Å². The summed E-state index contributed by atoms with van der Waals surface area (Å²) in [4.78, 5) is 19.2. The molecule has 1 aliphatic rings. The quantitative estimate of drug-likeness (QED) is 0.858. The third-order valence-corrected chi connectivity index (χ3v) is 3.39. The number of nitrogens with one attached hydrogen (secondary N) is 1. The Bertz CT molecular complexity index is 692. The maximum Gasteiger partial charge on any atom is 0.254 e. The molecule has 0 fully saturated rings. The van der Waals surface area contributed by atoms with Crippen molar-refractivity contribution in [2.75, 3.05) is 7.11 Å². The number of ether oxygens (including phenoxy) is 1. The van der Waals surface area contributed by atoms with E-state index in [-0.39, 0.29) is 11.3 Å². The van der Waals surface area contributed by atoms with Crippen LogP contribution in [0.1, 0.15) is 17.7 Å². The van der Waals surface area contributed by atoms with E-state index in [0.717, 1.165) is 36.1 Å². The summed E-state index contributed by atoms with van der Waals surface area (Å²) in [6, 6.07) is 4.90. The van der Waals surface area contributed by atoms with Gasteiger partial charge in [0, 0.05) is 11.1 Å². The number of nitrogens with zero attached hydrogens (tertiary/aromatic N) is 1. The molecule has 1 aromatic heterocycles. The number of aromatic nitrogens is 2. The normalized spacial score (nSPS) is 13.3. The fraction of sp³-hybridized carbons (Fsp3) is 0.286. The fourth-order valence-electron chi connectivity index (χ4n) is 2.40. The van der Waals surface area contributed by atoms with E-state index in [2.05, 4.69) is 9.97 Å². The topological polar surface area (TPSA) is 75.2 Å². The van der Waals surface area contributed by atoms with E-state index in [4.69, 9.17) is 4.74 Å². The second-order valence-electron chi connectivity index (χ2n) is 4.58. The van der Waals surface area contributed by atoms with Crippen molar-refractivity contribution in [1.29, 1.82) is 0 Å². The minimum Gasteiger partial charge on any atom is -0.504 e. The van der Waals surface area contributed by atoms with E-state index in [1.165, 1.54) is 13.2 Å². The number of hydrogen-bond acceptors (Lipinski definition) is 4. The summed E-state index contributed by atoms with van der Waals surface area (Å²) in [6.45, 7) is 0. The third kappa shape index (κ3) is 1.97. The van der Waals surface area contributed by atoms with Gasteiger partial charge in [-0.15, -0.1) is 0 Å². The van der Waals surface area contributed by atoms with Crippen molar-refractivity contribution in [3.05, 3.63) is 39.8 Å². The Labute approximate surface area is 109 Å². The summed E-state index contributed by atoms with van der Waals surface area (Å²) in [5.41, 5.74) is 2.34. The molecule has 0 atom stereocenters. The zero-order valence-corrected chi connectivity index (χ0v) is 10.6. The van der Waals surface area contributed by atoms with E-state index in [0.29, 0.717) is 11.6 Å². The Morgan fingerprint density at radius 2 is 2.21 bits per heavy atom. The van der Waals surface area contributed by atoms with Crippen LogP contribution in [0, 0.1) is 0 Å². The number of hydrogen-bond donors (Lipinski definition) is 2. The van der Waals surface area contributed by atoms with Crippen LogP contribution in [0.15, 0.2) is 23.0 Å². The lowest BCUT2D eigenvalue weighted by molar-refractivity contribution is 0.373. The number of phenolic OH excluding ortho intramolecular Hbond substituents is 1. The molecule has 2 aromatic rings. The van der Waals surface area contributed by atoms with E-state index in [9.17, 15) is 9.90 Å². The molecule has 19 heavy (non-hydrogen) atoms. The molecule has 1 heterocycles. The monoisotopic (exact) mass is 258 g/mol. The number of phenols is 1. The lowest BCUT2D eigenvalue weighted by atomic mass is 10.1. The van der Waals surface area contributed by atoms with Crippen LogP contribution in [0.4, 0.5) is 0 Å². The van der Waals surface area contributed by atoms with Crippen LogP contribution < -0.4 is 10.3 Å². The molecule has 1 aromatic carbocycles. The number of fused-ring (bicyclic) bond motifs is 1. The predicted molar refractivity (Wildman–Crippen MR) is 70.5 cm³/mol. The molecule has 0 bridgehead atoms. The number of benzene rings is 1. The summed E-state index contributed by atoms with van der Waals surface area (Å²) < 4.78 is 5.06. The molecule has 5 heteroatoms. The van der Waals surface area contributed by atoms with Crippen LogP contribution in [0.5, 0.6) is 11.5 Å². The van der Waals surface area contributed by atoms with Gasteiger partial charge in [-0.1, -0.05) is 0 Å². The highest BCUT2D eigenvalue weighted by Gasteiger charge is 2.18. The van der Waals surface area contributed by atoms with Crippen molar-refractivity contribution >= 4 is 0 Å². The molecular weight excluding hydrogens is 244 g/mol. The molecule has 3 rings (SSSR count). The first kappa shape index (κ1) is 11.8. The molecule has 5 nitrogen and oxygen atoms in total. The molecule has 98 valence electrons. The smallest absolute Gasteiger partial charge is 0.254 e. The summed E-state index contributed by atoms with van der Waals surface area (Å²) in [5, 5.41) is 9.57. The Morgan fingerprint density at radius 1 is 1.37 bits per heavy atom. The SMILES string of the molecule is COc1cc(-c2nc3c(c(=O)[nH]2)CCC3)ccc1O. The van der Waals surface area contributed by atoms with Crippen LogP contribution in [-0.4, -0.2) is 22.2 Å². The van der Waals surface area contributed by atoms with Crippen molar-refractivity contribution in [2.24, 2.45) is 0 Å². The Hall–Kier alpha value is -2.30. The molecule has 0 spiro atoms. The van der Waals surface area contributed by atoms with Gasteiger partial charge in [-0.25, -0.2) is 4.98 Å². The summed E-state index contributed by atoms with van der Waals surface area (Å²) >= 11 is 0. The number of aromatic hydroxyl groups is 1. The summed E-state index contributed by atoms with van der Waals surface area (Å²) in [5.74, 6) is 0.944. The zero-order valence-electron chi connectivity index (χ0n) is 10.6. The molecule has 1 aliphatic carbocycles. The zero-order chi connectivity index (χ0) is 13.4. The van der Waals surface area contributed by atoms with Gasteiger partial charge in [0.05, 0.1) is 12.8 Å². The van der Waals surface area contributed by atoms with Gasteiger partial charge >= 0.3 is 0 Å². The molecule has 0 radical (unpaired) electrons. The molecule has 2 N–H and O–H groups in total. The second kappa shape index (κ2) is 4.42. The molecule has 0 unspecified atom stereocenters. The van der Waals surface area contributed by atoms with Crippen molar-refractivity contribution in [3.8, 4) is 22.9 Å². The highest BCUT2D eigenvalue weighted by Crippen LogP contribution is 2.30. The number of aromatic amines is 1. The maximum atomic E-state index is 12.0. The molecule has 0 saturated carbocycles. The standard InChI is InChI=1S/C14H14N2O3/c1-19-12-7-8(5-6-11(12)17)13-15-10-4-2-3-9(10)14(18)16-13/h5-7,17H,2-4H2,1H3,(H,15,16,18). The Morgan fingerprint density at radius 3 is 3.00 bits per heavy atom. The first-order valence-corrected chi connectivity index (χ1v) is 6.18. The van der Waals surface area contributed by atoms with Gasteiger partial charge in [0.25, 0.3) is 5.56 Å². The van der Waals surface area contributed by atoms with Crippen molar-refractivity contribution < 1.29 is 9.84 Å². The van der Waals surface area contributed by atoms with Gasteiger partial charge in [-0.2, -0.15) is 0 Å². The van der Waals surface area contributed by atoms with Crippen molar-refractivity contribution in [1.82, 2.24) is 9.97 Å².